The number of nitrogens with two attached hydrogens (primary N) is 1. The summed E-state index contributed by atoms with van der Waals surface area (Å²) in [4.78, 5) is 3.99. The molecule has 1 aromatic heterocycles. The van der Waals surface area contributed by atoms with Gasteiger partial charge in [0.1, 0.15) is 0 Å². The lowest BCUT2D eigenvalue weighted by Gasteiger charge is -2.15. The van der Waals surface area contributed by atoms with Crippen LogP contribution in [-0.4, -0.2) is 17.2 Å². The highest BCUT2D eigenvalue weighted by molar-refractivity contribution is 5.55. The SMILES string of the molecule is CC(C)Oc1c(OC2CC2)ccnc1N. The van der Waals surface area contributed by atoms with Crippen molar-refractivity contribution in [3.8, 4) is 11.5 Å². The summed E-state index contributed by atoms with van der Waals surface area (Å²) in [5, 5.41) is 0. The zero-order valence-corrected chi connectivity index (χ0v) is 9.06. The van der Waals surface area contributed by atoms with Crippen molar-refractivity contribution >= 4 is 5.82 Å². The fourth-order valence-electron chi connectivity index (χ4n) is 1.26. The molecule has 0 amide bonds. The van der Waals surface area contributed by atoms with E-state index in [-0.39, 0.29) is 6.10 Å². The zero-order valence-electron chi connectivity index (χ0n) is 9.06. The molecule has 0 atom stereocenters. The first kappa shape index (κ1) is 10.1. The third-order valence-electron chi connectivity index (χ3n) is 2.07. The van der Waals surface area contributed by atoms with E-state index in [1.54, 1.807) is 12.3 Å². The zero-order chi connectivity index (χ0) is 10.8. The maximum atomic E-state index is 5.75. The molecule has 2 N–H and O–H groups in total. The maximum Gasteiger partial charge on any atom is 0.204 e. The van der Waals surface area contributed by atoms with E-state index in [4.69, 9.17) is 15.2 Å². The monoisotopic (exact) mass is 208 g/mol. The summed E-state index contributed by atoms with van der Waals surface area (Å²) in [5.41, 5.74) is 5.75. The Labute approximate surface area is 89.4 Å². The molecule has 1 aliphatic rings. The lowest BCUT2D eigenvalue weighted by molar-refractivity contribution is 0.218. The van der Waals surface area contributed by atoms with Crippen LogP contribution in [0.2, 0.25) is 0 Å². The number of pyridine rings is 1. The molecular weight excluding hydrogens is 192 g/mol. The van der Waals surface area contributed by atoms with Crippen LogP contribution in [-0.2, 0) is 0 Å². The molecule has 0 unspecified atom stereocenters. The van der Waals surface area contributed by atoms with Gasteiger partial charge in [0, 0.05) is 12.3 Å². The topological polar surface area (TPSA) is 57.4 Å². The minimum atomic E-state index is 0.0676. The Morgan fingerprint density at radius 1 is 1.47 bits per heavy atom. The van der Waals surface area contributed by atoms with Gasteiger partial charge in [0.05, 0.1) is 12.2 Å². The fraction of sp³-hybridized carbons (Fsp3) is 0.545. The van der Waals surface area contributed by atoms with Crippen molar-refractivity contribution in [2.24, 2.45) is 0 Å². The lowest BCUT2D eigenvalue weighted by atomic mass is 10.3. The first-order chi connectivity index (χ1) is 7.16. The summed E-state index contributed by atoms with van der Waals surface area (Å²) in [6.07, 6.45) is 4.27. The van der Waals surface area contributed by atoms with Crippen LogP contribution in [0.3, 0.4) is 0 Å². The highest BCUT2D eigenvalue weighted by Gasteiger charge is 2.25. The smallest absolute Gasteiger partial charge is 0.204 e. The van der Waals surface area contributed by atoms with E-state index in [1.165, 1.54) is 0 Å². The molecule has 1 fully saturated rings. The van der Waals surface area contributed by atoms with Crippen LogP contribution in [0.25, 0.3) is 0 Å². The second kappa shape index (κ2) is 3.96. The summed E-state index contributed by atoms with van der Waals surface area (Å²) >= 11 is 0. The predicted molar refractivity (Wildman–Crippen MR) is 58.1 cm³/mol. The van der Waals surface area contributed by atoms with Gasteiger partial charge >= 0.3 is 0 Å². The van der Waals surface area contributed by atoms with Crippen molar-refractivity contribution in [1.29, 1.82) is 0 Å². The van der Waals surface area contributed by atoms with Crippen LogP contribution in [0.4, 0.5) is 5.82 Å². The van der Waals surface area contributed by atoms with E-state index in [0.29, 0.717) is 23.4 Å². The number of rotatable bonds is 4. The van der Waals surface area contributed by atoms with Gasteiger partial charge in [0.2, 0.25) is 5.75 Å². The van der Waals surface area contributed by atoms with Gasteiger partial charge in [-0.3, -0.25) is 0 Å². The van der Waals surface area contributed by atoms with Gasteiger partial charge in [-0.05, 0) is 26.7 Å². The van der Waals surface area contributed by atoms with Crippen molar-refractivity contribution in [2.45, 2.75) is 38.9 Å². The van der Waals surface area contributed by atoms with Gasteiger partial charge in [-0.15, -0.1) is 0 Å². The molecule has 4 heteroatoms. The second-order valence-electron chi connectivity index (χ2n) is 4.01. The van der Waals surface area contributed by atoms with Gasteiger partial charge in [0.15, 0.2) is 11.6 Å². The molecule has 0 saturated heterocycles. The molecule has 0 aliphatic heterocycles. The predicted octanol–water partition coefficient (Wildman–Crippen LogP) is 1.99. The Hall–Kier alpha value is -1.45. The third-order valence-corrected chi connectivity index (χ3v) is 2.07. The van der Waals surface area contributed by atoms with Crippen LogP contribution in [0.1, 0.15) is 26.7 Å². The van der Waals surface area contributed by atoms with E-state index < -0.39 is 0 Å². The molecule has 0 aromatic carbocycles. The Kier molecular flexibility index (Phi) is 2.66. The van der Waals surface area contributed by atoms with Crippen molar-refractivity contribution in [3.05, 3.63) is 12.3 Å². The number of nitrogen functional groups attached to an aromatic ring is 1. The first-order valence-corrected chi connectivity index (χ1v) is 5.24. The average Bonchev–Trinajstić information content (AvgIpc) is 2.94. The van der Waals surface area contributed by atoms with Crippen molar-refractivity contribution in [2.75, 3.05) is 5.73 Å². The van der Waals surface area contributed by atoms with E-state index in [1.807, 2.05) is 13.8 Å². The van der Waals surface area contributed by atoms with Crippen LogP contribution in [0.5, 0.6) is 11.5 Å². The molecule has 1 aromatic rings. The van der Waals surface area contributed by atoms with Crippen LogP contribution in [0, 0.1) is 0 Å². The van der Waals surface area contributed by atoms with E-state index in [0.717, 1.165) is 12.8 Å². The third kappa shape index (κ3) is 2.52. The molecular formula is C11H16N2O2. The molecule has 0 spiro atoms. The molecule has 1 aliphatic carbocycles. The van der Waals surface area contributed by atoms with Gasteiger partial charge in [0.25, 0.3) is 0 Å². The van der Waals surface area contributed by atoms with E-state index in [9.17, 15) is 0 Å². The standard InChI is InChI=1S/C11H16N2O2/c1-7(2)14-10-9(15-8-3-4-8)5-6-13-11(10)12/h5-8H,3-4H2,1-2H3,(H2,12,13). The van der Waals surface area contributed by atoms with Crippen molar-refractivity contribution < 1.29 is 9.47 Å². The number of nitrogens with zero attached hydrogens (tertiary/aromatic N) is 1. The highest BCUT2D eigenvalue weighted by atomic mass is 16.5. The minimum Gasteiger partial charge on any atom is -0.486 e. The van der Waals surface area contributed by atoms with Gasteiger partial charge in [-0.2, -0.15) is 0 Å². The van der Waals surface area contributed by atoms with E-state index in [2.05, 4.69) is 4.98 Å². The lowest BCUT2D eigenvalue weighted by Crippen LogP contribution is -2.10. The quantitative estimate of drug-likeness (QED) is 0.822. The first-order valence-electron chi connectivity index (χ1n) is 5.24. The number of anilines is 1. The number of ether oxygens (including phenoxy) is 2. The molecule has 0 bridgehead atoms. The summed E-state index contributed by atoms with van der Waals surface area (Å²) in [6, 6.07) is 1.80. The summed E-state index contributed by atoms with van der Waals surface area (Å²) < 4.78 is 11.3. The minimum absolute atomic E-state index is 0.0676. The Morgan fingerprint density at radius 2 is 2.20 bits per heavy atom. The summed E-state index contributed by atoms with van der Waals surface area (Å²) in [5.74, 6) is 1.67. The van der Waals surface area contributed by atoms with Crippen LogP contribution < -0.4 is 15.2 Å². The second-order valence-corrected chi connectivity index (χ2v) is 4.01. The highest BCUT2D eigenvalue weighted by Crippen LogP contribution is 2.36. The molecule has 1 heterocycles. The Morgan fingerprint density at radius 3 is 2.80 bits per heavy atom. The maximum absolute atomic E-state index is 5.75. The van der Waals surface area contributed by atoms with Gasteiger partial charge in [-0.25, -0.2) is 4.98 Å². The molecule has 0 radical (unpaired) electrons. The number of aromatic nitrogens is 1. The summed E-state index contributed by atoms with van der Waals surface area (Å²) in [6.45, 7) is 3.90. The van der Waals surface area contributed by atoms with Crippen molar-refractivity contribution in [3.63, 3.8) is 0 Å². The Balaban J connectivity index is 2.21. The normalized spacial score (nSPS) is 15.4. The van der Waals surface area contributed by atoms with Crippen LogP contribution in [0.15, 0.2) is 12.3 Å². The van der Waals surface area contributed by atoms with E-state index >= 15 is 0 Å². The fourth-order valence-corrected chi connectivity index (χ4v) is 1.26. The largest absolute Gasteiger partial charge is 0.486 e. The van der Waals surface area contributed by atoms with Crippen molar-refractivity contribution in [1.82, 2.24) is 4.98 Å². The van der Waals surface area contributed by atoms with Gasteiger partial charge in [-0.1, -0.05) is 0 Å². The number of hydrogen-bond acceptors (Lipinski definition) is 4. The summed E-state index contributed by atoms with van der Waals surface area (Å²) in [7, 11) is 0. The molecule has 2 rings (SSSR count). The average molecular weight is 208 g/mol. The van der Waals surface area contributed by atoms with Crippen LogP contribution >= 0.6 is 0 Å². The molecule has 4 nitrogen and oxygen atoms in total. The molecule has 15 heavy (non-hydrogen) atoms. The van der Waals surface area contributed by atoms with Gasteiger partial charge < -0.3 is 15.2 Å². The Bertz CT molecular complexity index is 348. The molecule has 1 saturated carbocycles. The molecule has 82 valence electrons. The number of hydrogen-bond donors (Lipinski definition) is 1.